The number of alkyl halides is 3. The van der Waals surface area contributed by atoms with E-state index in [9.17, 15) is 18.0 Å². The van der Waals surface area contributed by atoms with Crippen LogP contribution in [0.1, 0.15) is 36.6 Å². The van der Waals surface area contributed by atoms with Gasteiger partial charge in [-0.2, -0.15) is 13.2 Å². The molecule has 1 heterocycles. The van der Waals surface area contributed by atoms with Gasteiger partial charge in [0.15, 0.2) is 0 Å². The zero-order valence-corrected chi connectivity index (χ0v) is 11.7. The molecular weight excluding hydrogens is 285 g/mol. The maximum Gasteiger partial charge on any atom is 0.411 e. The van der Waals surface area contributed by atoms with Crippen molar-refractivity contribution in [3.8, 4) is 0 Å². The number of aromatic nitrogens is 1. The van der Waals surface area contributed by atoms with Crippen LogP contribution in [0.2, 0.25) is 0 Å². The summed E-state index contributed by atoms with van der Waals surface area (Å²) in [6.07, 6.45) is -1.36. The normalized spacial score (nSPS) is 18.6. The summed E-state index contributed by atoms with van der Waals surface area (Å²) in [6.45, 7) is -0.923. The summed E-state index contributed by atoms with van der Waals surface area (Å²) in [5, 5.41) is 0. The maximum absolute atomic E-state index is 11.9. The minimum atomic E-state index is -4.31. The molecule has 1 aliphatic carbocycles. The van der Waals surface area contributed by atoms with Crippen LogP contribution in [0.3, 0.4) is 0 Å². The van der Waals surface area contributed by atoms with Crippen molar-refractivity contribution < 1.29 is 17.9 Å². The molecule has 0 saturated heterocycles. The van der Waals surface area contributed by atoms with E-state index < -0.39 is 12.8 Å². The Labute approximate surface area is 120 Å². The van der Waals surface area contributed by atoms with Crippen molar-refractivity contribution in [2.75, 3.05) is 13.2 Å². The molecule has 4 nitrogen and oxygen atoms in total. The smallest absolute Gasteiger partial charge is 0.372 e. The first-order chi connectivity index (χ1) is 9.88. The third-order valence-corrected chi connectivity index (χ3v) is 3.59. The van der Waals surface area contributed by atoms with Crippen molar-refractivity contribution in [2.45, 2.75) is 44.4 Å². The van der Waals surface area contributed by atoms with Crippen LogP contribution in [0.25, 0.3) is 0 Å². The number of pyridine rings is 1. The van der Waals surface area contributed by atoms with Crippen LogP contribution in [-0.2, 0) is 17.7 Å². The van der Waals surface area contributed by atoms with Gasteiger partial charge in [-0.3, -0.25) is 4.79 Å². The number of hydrogen-bond acceptors (Lipinski definition) is 3. The van der Waals surface area contributed by atoms with Gasteiger partial charge in [-0.25, -0.2) is 0 Å². The van der Waals surface area contributed by atoms with Gasteiger partial charge in [0.25, 0.3) is 5.56 Å². The number of ether oxygens (including phenoxy) is 1. The van der Waals surface area contributed by atoms with Crippen LogP contribution < -0.4 is 11.3 Å². The quantitative estimate of drug-likeness (QED) is 0.848. The molecule has 0 spiro atoms. The highest BCUT2D eigenvalue weighted by Gasteiger charge is 2.27. The summed E-state index contributed by atoms with van der Waals surface area (Å²) in [6, 6.07) is 3.17. The molecule has 1 aliphatic rings. The van der Waals surface area contributed by atoms with E-state index in [4.69, 9.17) is 5.73 Å². The van der Waals surface area contributed by atoms with Crippen molar-refractivity contribution >= 4 is 0 Å². The van der Waals surface area contributed by atoms with Crippen LogP contribution in [0.4, 0.5) is 13.2 Å². The van der Waals surface area contributed by atoms with Crippen LogP contribution in [0, 0.1) is 0 Å². The second-order valence-corrected chi connectivity index (χ2v) is 5.25. The average Bonchev–Trinajstić information content (AvgIpc) is 2.39. The van der Waals surface area contributed by atoms with Crippen molar-refractivity contribution in [3.05, 3.63) is 33.7 Å². The van der Waals surface area contributed by atoms with Gasteiger partial charge >= 0.3 is 6.18 Å². The maximum atomic E-state index is 11.9. The summed E-state index contributed by atoms with van der Waals surface area (Å²) in [5.41, 5.74) is 7.77. The first kappa shape index (κ1) is 16.0. The topological polar surface area (TPSA) is 57.2 Å². The Kier molecular flexibility index (Phi) is 5.05. The molecule has 0 saturated carbocycles. The van der Waals surface area contributed by atoms with Gasteiger partial charge in [0, 0.05) is 31.0 Å². The fourth-order valence-corrected chi connectivity index (χ4v) is 2.66. The first-order valence-electron chi connectivity index (χ1n) is 7.01. The zero-order valence-electron chi connectivity index (χ0n) is 11.7. The van der Waals surface area contributed by atoms with E-state index in [0.29, 0.717) is 13.0 Å². The third kappa shape index (κ3) is 4.31. The monoisotopic (exact) mass is 304 g/mol. The summed E-state index contributed by atoms with van der Waals surface area (Å²) in [7, 11) is 0. The fourth-order valence-electron chi connectivity index (χ4n) is 2.66. The predicted molar refractivity (Wildman–Crippen MR) is 72.1 cm³/mol. The van der Waals surface area contributed by atoms with Crippen molar-refractivity contribution in [1.82, 2.24) is 4.57 Å². The molecule has 0 radical (unpaired) electrons. The van der Waals surface area contributed by atoms with E-state index in [2.05, 4.69) is 4.74 Å². The summed E-state index contributed by atoms with van der Waals surface area (Å²) in [5.74, 6) is 0. The van der Waals surface area contributed by atoms with E-state index in [1.165, 1.54) is 6.07 Å². The highest BCUT2D eigenvalue weighted by molar-refractivity contribution is 5.27. The number of nitrogens with zero attached hydrogens (tertiary/aromatic N) is 1. The second kappa shape index (κ2) is 6.62. The van der Waals surface area contributed by atoms with Gasteiger partial charge in [0.1, 0.15) is 6.61 Å². The van der Waals surface area contributed by atoms with Gasteiger partial charge in [-0.15, -0.1) is 0 Å². The Morgan fingerprint density at radius 2 is 2.14 bits per heavy atom. The van der Waals surface area contributed by atoms with Crippen LogP contribution in [-0.4, -0.2) is 24.0 Å². The number of rotatable bonds is 5. The third-order valence-electron chi connectivity index (χ3n) is 3.59. The molecule has 0 bridgehead atoms. The SMILES string of the molecule is NC1CCCc2c1ccc(=O)n2CCCOCC(F)(F)F. The Morgan fingerprint density at radius 3 is 2.86 bits per heavy atom. The molecule has 2 rings (SSSR count). The van der Waals surface area contributed by atoms with Gasteiger partial charge in [0.05, 0.1) is 0 Å². The molecule has 1 aromatic heterocycles. The molecule has 21 heavy (non-hydrogen) atoms. The molecule has 1 unspecified atom stereocenters. The van der Waals surface area contributed by atoms with Crippen molar-refractivity contribution in [3.63, 3.8) is 0 Å². The van der Waals surface area contributed by atoms with Gasteiger partial charge in [-0.05, 0) is 31.2 Å². The lowest BCUT2D eigenvalue weighted by atomic mass is 9.91. The Morgan fingerprint density at radius 1 is 1.38 bits per heavy atom. The Bertz CT molecular complexity index is 540. The van der Waals surface area contributed by atoms with E-state index >= 15 is 0 Å². The van der Waals surface area contributed by atoms with E-state index in [-0.39, 0.29) is 18.2 Å². The highest BCUT2D eigenvalue weighted by Crippen LogP contribution is 2.26. The van der Waals surface area contributed by atoms with Crippen molar-refractivity contribution in [1.29, 1.82) is 0 Å². The highest BCUT2D eigenvalue weighted by atomic mass is 19.4. The Balaban J connectivity index is 1.97. The standard InChI is InChI=1S/C14H19F3N2O2/c15-14(16,17)9-21-8-2-7-19-12-4-1-3-11(18)10(12)5-6-13(19)20/h5-6,11H,1-4,7-9,18H2. The van der Waals surface area contributed by atoms with E-state index in [1.54, 1.807) is 10.6 Å². The number of nitrogens with two attached hydrogens (primary N) is 1. The fraction of sp³-hybridized carbons (Fsp3) is 0.643. The van der Waals surface area contributed by atoms with Gasteiger partial charge in [0.2, 0.25) is 0 Å². The average molecular weight is 304 g/mol. The summed E-state index contributed by atoms with van der Waals surface area (Å²) in [4.78, 5) is 11.9. The lowest BCUT2D eigenvalue weighted by molar-refractivity contribution is -0.174. The van der Waals surface area contributed by atoms with Crippen LogP contribution in [0.15, 0.2) is 16.9 Å². The molecule has 118 valence electrons. The minimum absolute atomic E-state index is 0.0261. The minimum Gasteiger partial charge on any atom is -0.372 e. The molecule has 0 aromatic carbocycles. The molecule has 7 heteroatoms. The summed E-state index contributed by atoms with van der Waals surface area (Å²) < 4.78 is 42.0. The molecule has 0 aliphatic heterocycles. The molecule has 0 fully saturated rings. The molecular formula is C14H19F3N2O2. The first-order valence-corrected chi connectivity index (χ1v) is 7.01. The van der Waals surface area contributed by atoms with Crippen molar-refractivity contribution in [2.24, 2.45) is 5.73 Å². The van der Waals surface area contributed by atoms with Crippen LogP contribution >= 0.6 is 0 Å². The number of halogens is 3. The zero-order chi connectivity index (χ0) is 15.5. The second-order valence-electron chi connectivity index (χ2n) is 5.25. The Hall–Kier alpha value is -1.34. The lowest BCUT2D eigenvalue weighted by Crippen LogP contribution is -2.29. The molecule has 1 atom stereocenters. The largest absolute Gasteiger partial charge is 0.411 e. The van der Waals surface area contributed by atoms with E-state index in [1.807, 2.05) is 0 Å². The van der Waals surface area contributed by atoms with Crippen LogP contribution in [0.5, 0.6) is 0 Å². The van der Waals surface area contributed by atoms with E-state index in [0.717, 1.165) is 30.5 Å². The number of fused-ring (bicyclic) bond motifs is 1. The van der Waals surface area contributed by atoms with Gasteiger partial charge < -0.3 is 15.0 Å². The lowest BCUT2D eigenvalue weighted by Gasteiger charge is -2.25. The molecule has 2 N–H and O–H groups in total. The number of hydrogen-bond donors (Lipinski definition) is 1. The predicted octanol–water partition coefficient (Wildman–Crippen LogP) is 2.15. The molecule has 1 aromatic rings. The summed E-state index contributed by atoms with van der Waals surface area (Å²) >= 11 is 0. The van der Waals surface area contributed by atoms with Gasteiger partial charge in [-0.1, -0.05) is 6.07 Å². The molecule has 0 amide bonds.